The summed E-state index contributed by atoms with van der Waals surface area (Å²) in [7, 11) is 0. The number of hydrogen-bond acceptors (Lipinski definition) is 2. The Hall–Kier alpha value is -1.19. The molecule has 0 aliphatic carbocycles. The third-order valence-electron chi connectivity index (χ3n) is 2.33. The van der Waals surface area contributed by atoms with E-state index in [2.05, 4.69) is 5.10 Å². The number of halogens is 2. The number of nitrogen functional groups attached to an aromatic ring is 1. The lowest BCUT2D eigenvalue weighted by molar-refractivity contribution is 0.681. The van der Waals surface area contributed by atoms with Crippen LogP contribution in [0.3, 0.4) is 0 Å². The molecule has 0 saturated heterocycles. The van der Waals surface area contributed by atoms with E-state index in [0.717, 1.165) is 11.3 Å². The molecule has 0 radical (unpaired) electrons. The molecule has 16 heavy (non-hydrogen) atoms. The second-order valence-corrected chi connectivity index (χ2v) is 4.45. The normalized spacial score (nSPS) is 10.7. The van der Waals surface area contributed by atoms with Crippen LogP contribution in [-0.4, -0.2) is 9.78 Å². The molecule has 2 rings (SSSR count). The van der Waals surface area contributed by atoms with Crippen molar-refractivity contribution in [2.75, 3.05) is 5.73 Å². The summed E-state index contributed by atoms with van der Waals surface area (Å²) in [4.78, 5) is 0. The number of nitrogens with zero attached hydrogens (tertiary/aromatic N) is 2. The van der Waals surface area contributed by atoms with Crippen LogP contribution in [0.5, 0.6) is 0 Å². The molecule has 1 aromatic heterocycles. The summed E-state index contributed by atoms with van der Waals surface area (Å²) in [5, 5.41) is 5.56. The topological polar surface area (TPSA) is 43.8 Å². The number of anilines is 1. The van der Waals surface area contributed by atoms with Crippen LogP contribution >= 0.6 is 23.2 Å². The maximum atomic E-state index is 5.92. The van der Waals surface area contributed by atoms with E-state index < -0.39 is 0 Å². The molecule has 0 aliphatic rings. The van der Waals surface area contributed by atoms with Gasteiger partial charge < -0.3 is 5.73 Å². The van der Waals surface area contributed by atoms with Gasteiger partial charge >= 0.3 is 0 Å². The number of hydrogen-bond donors (Lipinski definition) is 1. The molecule has 0 fully saturated rings. The van der Waals surface area contributed by atoms with Gasteiger partial charge in [-0.3, -0.25) is 4.68 Å². The van der Waals surface area contributed by atoms with Crippen molar-refractivity contribution in [1.29, 1.82) is 0 Å². The van der Waals surface area contributed by atoms with Crippen molar-refractivity contribution >= 4 is 28.9 Å². The first-order valence-corrected chi connectivity index (χ1v) is 5.55. The predicted octanol–water partition coefficient (Wildman–Crippen LogP) is 3.13. The molecule has 1 heterocycles. The highest BCUT2D eigenvalue weighted by molar-refractivity contribution is 6.31. The zero-order valence-electron chi connectivity index (χ0n) is 8.74. The van der Waals surface area contributed by atoms with Crippen molar-refractivity contribution in [2.24, 2.45) is 0 Å². The first-order chi connectivity index (χ1) is 7.56. The summed E-state index contributed by atoms with van der Waals surface area (Å²) in [6.45, 7) is 2.46. The maximum absolute atomic E-state index is 5.92. The Morgan fingerprint density at radius 1 is 1.38 bits per heavy atom. The largest absolute Gasteiger partial charge is 0.398 e. The Bertz CT molecular complexity index is 500. The van der Waals surface area contributed by atoms with Crippen LogP contribution in [0.1, 0.15) is 11.3 Å². The minimum Gasteiger partial charge on any atom is -0.398 e. The minimum atomic E-state index is 0.594. The fourth-order valence-corrected chi connectivity index (χ4v) is 1.79. The van der Waals surface area contributed by atoms with Crippen molar-refractivity contribution < 1.29 is 0 Å². The molecule has 3 nitrogen and oxygen atoms in total. The first-order valence-electron chi connectivity index (χ1n) is 4.79. The Kier molecular flexibility index (Phi) is 3.08. The Labute approximate surface area is 104 Å². The highest BCUT2D eigenvalue weighted by atomic mass is 35.5. The van der Waals surface area contributed by atoms with Gasteiger partial charge in [-0.2, -0.15) is 5.10 Å². The van der Waals surface area contributed by atoms with Crippen molar-refractivity contribution in [2.45, 2.75) is 13.5 Å². The summed E-state index contributed by atoms with van der Waals surface area (Å²) < 4.78 is 1.76. The Morgan fingerprint density at radius 2 is 2.12 bits per heavy atom. The number of rotatable bonds is 2. The molecule has 0 spiro atoms. The van der Waals surface area contributed by atoms with E-state index in [4.69, 9.17) is 28.9 Å². The molecule has 0 atom stereocenters. The monoisotopic (exact) mass is 255 g/mol. The molecule has 2 aromatic rings. The summed E-state index contributed by atoms with van der Waals surface area (Å²) in [6, 6.07) is 5.43. The molecule has 5 heteroatoms. The van der Waals surface area contributed by atoms with Gasteiger partial charge in [0.1, 0.15) is 0 Å². The van der Waals surface area contributed by atoms with E-state index >= 15 is 0 Å². The van der Waals surface area contributed by atoms with Gasteiger partial charge in [0.15, 0.2) is 0 Å². The highest BCUT2D eigenvalue weighted by Gasteiger charge is 2.05. The molecular weight excluding hydrogens is 245 g/mol. The van der Waals surface area contributed by atoms with Crippen molar-refractivity contribution in [1.82, 2.24) is 9.78 Å². The van der Waals surface area contributed by atoms with Gasteiger partial charge in [-0.1, -0.05) is 29.3 Å². The fraction of sp³-hybridized carbons (Fsp3) is 0.182. The second-order valence-electron chi connectivity index (χ2n) is 3.60. The smallest absolute Gasteiger partial charge is 0.0815 e. The van der Waals surface area contributed by atoms with E-state index in [1.807, 2.05) is 19.1 Å². The number of benzene rings is 1. The summed E-state index contributed by atoms with van der Waals surface area (Å²) in [6.07, 6.45) is 1.78. The summed E-state index contributed by atoms with van der Waals surface area (Å²) in [5.74, 6) is 0. The van der Waals surface area contributed by atoms with E-state index in [9.17, 15) is 0 Å². The number of aryl methyl sites for hydroxylation is 1. The van der Waals surface area contributed by atoms with Gasteiger partial charge in [0, 0.05) is 16.9 Å². The van der Waals surface area contributed by atoms with Crippen LogP contribution in [0, 0.1) is 6.92 Å². The molecule has 0 aliphatic heterocycles. The molecular formula is C11H11Cl2N3. The zero-order chi connectivity index (χ0) is 11.7. The van der Waals surface area contributed by atoms with E-state index in [-0.39, 0.29) is 0 Å². The number of aromatic nitrogens is 2. The maximum Gasteiger partial charge on any atom is 0.0815 e. The number of nitrogens with two attached hydrogens (primary N) is 1. The lowest BCUT2D eigenvalue weighted by atomic mass is 10.2. The summed E-state index contributed by atoms with van der Waals surface area (Å²) in [5.41, 5.74) is 8.31. The van der Waals surface area contributed by atoms with Gasteiger partial charge in [0.2, 0.25) is 0 Å². The molecule has 1 aromatic carbocycles. The quantitative estimate of drug-likeness (QED) is 0.839. The van der Waals surface area contributed by atoms with Crippen LogP contribution in [0.4, 0.5) is 5.69 Å². The molecule has 0 bridgehead atoms. The molecule has 0 unspecified atom stereocenters. The van der Waals surface area contributed by atoms with E-state index in [0.29, 0.717) is 22.3 Å². The third kappa shape index (κ3) is 2.31. The van der Waals surface area contributed by atoms with Crippen molar-refractivity contribution in [3.8, 4) is 0 Å². The van der Waals surface area contributed by atoms with Crippen LogP contribution in [-0.2, 0) is 6.54 Å². The van der Waals surface area contributed by atoms with Gasteiger partial charge in [-0.05, 0) is 24.6 Å². The highest BCUT2D eigenvalue weighted by Crippen LogP contribution is 2.20. The Balaban J connectivity index is 2.27. The lowest BCUT2D eigenvalue weighted by Crippen LogP contribution is -2.03. The molecule has 2 N–H and O–H groups in total. The average molecular weight is 256 g/mol. The fourth-order valence-electron chi connectivity index (χ4n) is 1.46. The van der Waals surface area contributed by atoms with Crippen LogP contribution < -0.4 is 5.73 Å². The van der Waals surface area contributed by atoms with E-state index in [1.165, 1.54) is 0 Å². The predicted molar refractivity (Wildman–Crippen MR) is 66.9 cm³/mol. The van der Waals surface area contributed by atoms with Gasteiger partial charge in [0.05, 0.1) is 17.3 Å². The van der Waals surface area contributed by atoms with Gasteiger partial charge in [-0.25, -0.2) is 0 Å². The summed E-state index contributed by atoms with van der Waals surface area (Å²) >= 11 is 11.8. The van der Waals surface area contributed by atoms with Gasteiger partial charge in [0.25, 0.3) is 0 Å². The Morgan fingerprint density at radius 3 is 2.69 bits per heavy atom. The SMILES string of the molecule is Cc1nn(Cc2ccc(Cl)cc2N)cc1Cl. The minimum absolute atomic E-state index is 0.594. The standard InChI is InChI=1S/C11H11Cl2N3/c1-7-10(13)6-16(15-7)5-8-2-3-9(12)4-11(8)14/h2-4,6H,5,14H2,1H3. The van der Waals surface area contributed by atoms with Gasteiger partial charge in [-0.15, -0.1) is 0 Å². The van der Waals surface area contributed by atoms with Crippen LogP contribution in [0.15, 0.2) is 24.4 Å². The molecule has 84 valence electrons. The zero-order valence-corrected chi connectivity index (χ0v) is 10.3. The first kappa shape index (κ1) is 11.3. The average Bonchev–Trinajstić information content (AvgIpc) is 2.51. The molecule has 0 saturated carbocycles. The van der Waals surface area contributed by atoms with Crippen LogP contribution in [0.2, 0.25) is 10.0 Å². The second kappa shape index (κ2) is 4.36. The third-order valence-corrected chi connectivity index (χ3v) is 2.93. The lowest BCUT2D eigenvalue weighted by Gasteiger charge is -2.05. The van der Waals surface area contributed by atoms with Crippen molar-refractivity contribution in [3.05, 3.63) is 45.7 Å². The molecule has 0 amide bonds. The van der Waals surface area contributed by atoms with E-state index in [1.54, 1.807) is 16.9 Å². The van der Waals surface area contributed by atoms with Crippen molar-refractivity contribution in [3.63, 3.8) is 0 Å². The van der Waals surface area contributed by atoms with Crippen LogP contribution in [0.25, 0.3) is 0 Å².